The van der Waals surface area contributed by atoms with Crippen LogP contribution in [0.3, 0.4) is 0 Å². The molecule has 0 amide bonds. The lowest BCUT2D eigenvalue weighted by molar-refractivity contribution is 0.114. The van der Waals surface area contributed by atoms with E-state index in [1.807, 2.05) is 0 Å². The van der Waals surface area contributed by atoms with Gasteiger partial charge in [0.2, 0.25) is 0 Å². The molecule has 0 fully saturated rings. The maximum Gasteiger partial charge on any atom is 0.129 e. The van der Waals surface area contributed by atoms with E-state index in [2.05, 4.69) is 85.4 Å². The largest absolute Gasteiger partial charge is 0.394 e. The lowest BCUT2D eigenvalue weighted by atomic mass is 10.0. The fraction of sp³-hybridized carbons (Fsp3) is 0.458. The molecule has 0 saturated carbocycles. The SMILES string of the molecule is CCN(CC)CCO/N=C(\CCCCc1ccccc1)c1ccc(C)cc1. The number of hydrogen-bond acceptors (Lipinski definition) is 3. The molecular weight excluding hydrogens is 332 g/mol. The molecule has 0 aromatic heterocycles. The molecule has 2 rings (SSSR count). The molecule has 0 aliphatic carbocycles. The van der Waals surface area contributed by atoms with Gasteiger partial charge < -0.3 is 9.74 Å². The van der Waals surface area contributed by atoms with Gasteiger partial charge in [0.15, 0.2) is 0 Å². The number of benzene rings is 2. The van der Waals surface area contributed by atoms with E-state index < -0.39 is 0 Å². The van der Waals surface area contributed by atoms with Crippen molar-refractivity contribution in [1.82, 2.24) is 4.90 Å². The first-order valence-electron chi connectivity index (χ1n) is 10.2. The highest BCUT2D eigenvalue weighted by atomic mass is 16.6. The summed E-state index contributed by atoms with van der Waals surface area (Å²) in [6, 6.07) is 19.3. The minimum absolute atomic E-state index is 0.640. The molecule has 2 aromatic carbocycles. The number of hydrogen-bond donors (Lipinski definition) is 0. The third-order valence-electron chi connectivity index (χ3n) is 4.92. The fourth-order valence-electron chi connectivity index (χ4n) is 3.09. The standard InChI is InChI=1S/C24H34N2O/c1-4-26(5-2)19-20-27-25-24(23-17-15-21(3)16-18-23)14-10-9-13-22-11-7-6-8-12-22/h6-8,11-12,15-18H,4-5,9-10,13-14,19-20H2,1-3H3/b25-24+. The summed E-state index contributed by atoms with van der Waals surface area (Å²) >= 11 is 0. The Hall–Kier alpha value is -2.13. The van der Waals surface area contributed by atoms with Crippen LogP contribution < -0.4 is 0 Å². The van der Waals surface area contributed by atoms with Crippen molar-refractivity contribution < 1.29 is 4.84 Å². The highest BCUT2D eigenvalue weighted by molar-refractivity contribution is 6.00. The molecule has 3 nitrogen and oxygen atoms in total. The molecule has 146 valence electrons. The smallest absolute Gasteiger partial charge is 0.129 e. The summed E-state index contributed by atoms with van der Waals surface area (Å²) in [4.78, 5) is 8.02. The molecule has 0 atom stereocenters. The second kappa shape index (κ2) is 12.3. The van der Waals surface area contributed by atoms with E-state index in [-0.39, 0.29) is 0 Å². The van der Waals surface area contributed by atoms with Gasteiger partial charge in [-0.1, -0.05) is 79.2 Å². The summed E-state index contributed by atoms with van der Waals surface area (Å²) in [6.45, 7) is 10.1. The summed E-state index contributed by atoms with van der Waals surface area (Å²) in [6.07, 6.45) is 4.33. The van der Waals surface area contributed by atoms with E-state index >= 15 is 0 Å². The number of unbranched alkanes of at least 4 members (excludes halogenated alkanes) is 1. The van der Waals surface area contributed by atoms with Gasteiger partial charge in [0, 0.05) is 6.54 Å². The van der Waals surface area contributed by atoms with E-state index in [0.717, 1.165) is 51.0 Å². The second-order valence-electron chi connectivity index (χ2n) is 6.96. The summed E-state index contributed by atoms with van der Waals surface area (Å²) in [7, 11) is 0. The molecule has 0 N–H and O–H groups in total. The van der Waals surface area contributed by atoms with E-state index in [0.29, 0.717) is 6.61 Å². The maximum atomic E-state index is 5.68. The molecule has 0 unspecified atom stereocenters. The first-order valence-corrected chi connectivity index (χ1v) is 10.2. The van der Waals surface area contributed by atoms with Crippen LogP contribution in [0.2, 0.25) is 0 Å². The Morgan fingerprint density at radius 2 is 1.63 bits per heavy atom. The Morgan fingerprint density at radius 1 is 0.926 bits per heavy atom. The van der Waals surface area contributed by atoms with Crippen LogP contribution >= 0.6 is 0 Å². The molecule has 0 saturated heterocycles. The van der Waals surface area contributed by atoms with E-state index in [4.69, 9.17) is 4.84 Å². The third-order valence-corrected chi connectivity index (χ3v) is 4.92. The highest BCUT2D eigenvalue weighted by Crippen LogP contribution is 2.13. The third kappa shape index (κ3) is 7.96. The van der Waals surface area contributed by atoms with Crippen molar-refractivity contribution in [1.29, 1.82) is 0 Å². The van der Waals surface area contributed by atoms with Gasteiger partial charge in [-0.3, -0.25) is 0 Å². The molecule has 2 aromatic rings. The van der Waals surface area contributed by atoms with Gasteiger partial charge in [0.1, 0.15) is 6.61 Å². The summed E-state index contributed by atoms with van der Waals surface area (Å²) in [5.74, 6) is 0. The van der Waals surface area contributed by atoms with Crippen LogP contribution in [0.4, 0.5) is 0 Å². The van der Waals surface area contributed by atoms with E-state index in [1.54, 1.807) is 0 Å². The summed E-state index contributed by atoms with van der Waals surface area (Å²) < 4.78 is 0. The maximum absolute atomic E-state index is 5.68. The summed E-state index contributed by atoms with van der Waals surface area (Å²) in [5.41, 5.74) is 4.90. The highest BCUT2D eigenvalue weighted by Gasteiger charge is 2.06. The zero-order valence-electron chi connectivity index (χ0n) is 17.2. The van der Waals surface area contributed by atoms with Crippen LogP contribution in [0, 0.1) is 6.92 Å². The zero-order chi connectivity index (χ0) is 19.3. The minimum Gasteiger partial charge on any atom is -0.394 e. The fourth-order valence-corrected chi connectivity index (χ4v) is 3.09. The van der Waals surface area contributed by atoms with Crippen molar-refractivity contribution in [2.75, 3.05) is 26.2 Å². The number of rotatable bonds is 12. The molecule has 0 heterocycles. The summed E-state index contributed by atoms with van der Waals surface area (Å²) in [5, 5.41) is 4.50. The zero-order valence-corrected chi connectivity index (χ0v) is 17.2. The predicted molar refractivity (Wildman–Crippen MR) is 115 cm³/mol. The van der Waals surface area contributed by atoms with Gasteiger partial charge >= 0.3 is 0 Å². The lowest BCUT2D eigenvalue weighted by Crippen LogP contribution is -2.26. The Balaban J connectivity index is 1.88. The molecule has 0 spiro atoms. The van der Waals surface area contributed by atoms with Crippen molar-refractivity contribution in [3.8, 4) is 0 Å². The van der Waals surface area contributed by atoms with Gasteiger partial charge in [-0.15, -0.1) is 0 Å². The Labute approximate surface area is 165 Å². The van der Waals surface area contributed by atoms with Crippen LogP contribution in [0.5, 0.6) is 0 Å². The quantitative estimate of drug-likeness (QED) is 0.283. The second-order valence-corrected chi connectivity index (χ2v) is 6.96. The van der Waals surface area contributed by atoms with Gasteiger partial charge in [-0.25, -0.2) is 0 Å². The molecule has 0 radical (unpaired) electrons. The van der Waals surface area contributed by atoms with Crippen LogP contribution in [0.25, 0.3) is 0 Å². The van der Waals surface area contributed by atoms with Gasteiger partial charge in [-0.05, 0) is 56.8 Å². The van der Waals surface area contributed by atoms with Gasteiger partial charge in [0.25, 0.3) is 0 Å². The number of oxime groups is 1. The molecule has 0 aliphatic heterocycles. The number of likely N-dealkylation sites (N-methyl/N-ethyl adjacent to an activating group) is 1. The van der Waals surface area contributed by atoms with E-state index in [9.17, 15) is 0 Å². The Bertz CT molecular complexity index is 661. The average Bonchev–Trinajstić information content (AvgIpc) is 2.71. The van der Waals surface area contributed by atoms with Crippen LogP contribution in [-0.2, 0) is 11.3 Å². The van der Waals surface area contributed by atoms with Crippen molar-refractivity contribution in [3.63, 3.8) is 0 Å². The normalized spacial score (nSPS) is 11.8. The van der Waals surface area contributed by atoms with Crippen LogP contribution in [0.1, 0.15) is 49.8 Å². The predicted octanol–water partition coefficient (Wildman–Crippen LogP) is 5.47. The minimum atomic E-state index is 0.640. The topological polar surface area (TPSA) is 24.8 Å². The van der Waals surface area contributed by atoms with Gasteiger partial charge in [-0.2, -0.15) is 0 Å². The Kier molecular flexibility index (Phi) is 9.64. The van der Waals surface area contributed by atoms with E-state index in [1.165, 1.54) is 16.7 Å². The molecule has 0 bridgehead atoms. The lowest BCUT2D eigenvalue weighted by Gasteiger charge is -2.16. The molecule has 0 aliphatic rings. The van der Waals surface area contributed by atoms with Crippen molar-refractivity contribution in [2.45, 2.75) is 46.5 Å². The first kappa shape index (κ1) is 21.2. The van der Waals surface area contributed by atoms with Gasteiger partial charge in [0.05, 0.1) is 5.71 Å². The molecule has 27 heavy (non-hydrogen) atoms. The number of aryl methyl sites for hydroxylation is 2. The molecule has 3 heteroatoms. The van der Waals surface area contributed by atoms with Crippen molar-refractivity contribution in [2.24, 2.45) is 5.16 Å². The first-order chi connectivity index (χ1) is 13.2. The average molecular weight is 367 g/mol. The van der Waals surface area contributed by atoms with Crippen LogP contribution in [-0.4, -0.2) is 36.9 Å². The number of nitrogens with zero attached hydrogens (tertiary/aromatic N) is 2. The Morgan fingerprint density at radius 3 is 2.30 bits per heavy atom. The molecular formula is C24H34N2O. The van der Waals surface area contributed by atoms with Crippen molar-refractivity contribution >= 4 is 5.71 Å². The van der Waals surface area contributed by atoms with Crippen molar-refractivity contribution in [3.05, 3.63) is 71.3 Å². The van der Waals surface area contributed by atoms with Crippen LogP contribution in [0.15, 0.2) is 59.8 Å². The monoisotopic (exact) mass is 366 g/mol.